The normalized spacial score (nSPS) is 10.0. The number of ether oxygens (including phenoxy) is 2. The molecule has 0 spiro atoms. The molecule has 0 heterocycles. The predicted molar refractivity (Wildman–Crippen MR) is 98.6 cm³/mol. The molecule has 0 aromatic heterocycles. The average molecular weight is 347 g/mol. The Morgan fingerprint density at radius 3 is 2.08 bits per heavy atom. The van der Waals surface area contributed by atoms with Gasteiger partial charge in [0.25, 0.3) is 0 Å². The number of carbonyl (C=O) groups is 2. The molecule has 5 heteroatoms. The van der Waals surface area contributed by atoms with Crippen LogP contribution in [0.25, 0.3) is 0 Å². The second-order valence-corrected chi connectivity index (χ2v) is 5.50. The van der Waals surface area contributed by atoms with Gasteiger partial charge in [-0.2, -0.15) is 0 Å². The van der Waals surface area contributed by atoms with Gasteiger partial charge in [-0.15, -0.1) is 0 Å². The zero-order valence-electron chi connectivity index (χ0n) is 13.9. The van der Waals surface area contributed by atoms with Crippen LogP contribution in [-0.2, 0) is 11.3 Å². The zero-order chi connectivity index (χ0) is 18.2. The van der Waals surface area contributed by atoms with Gasteiger partial charge in [0, 0.05) is 11.3 Å². The molecule has 3 aromatic rings. The van der Waals surface area contributed by atoms with Gasteiger partial charge in [0.2, 0.25) is 0 Å². The van der Waals surface area contributed by atoms with Crippen molar-refractivity contribution in [1.29, 1.82) is 0 Å². The molecule has 0 aliphatic carbocycles. The van der Waals surface area contributed by atoms with Crippen LogP contribution in [0.5, 0.6) is 11.5 Å². The molecular formula is C21H17NO4. The number of carbonyl (C=O) groups excluding carboxylic acids is 2. The third kappa shape index (κ3) is 4.95. The average Bonchev–Trinajstić information content (AvgIpc) is 2.69. The van der Waals surface area contributed by atoms with Crippen LogP contribution in [0.4, 0.5) is 10.5 Å². The molecule has 0 saturated heterocycles. The van der Waals surface area contributed by atoms with E-state index in [9.17, 15) is 9.59 Å². The fraction of sp³-hybridized carbons (Fsp3) is 0.0476. The molecule has 26 heavy (non-hydrogen) atoms. The standard InChI is InChI=1S/C21H17NO4/c23-14-16-6-10-19(11-7-16)26-20-12-8-18(9-13-20)22-21(24)25-15-17-4-2-1-3-5-17/h1-14H,15H2,(H,22,24). The molecule has 0 radical (unpaired) electrons. The molecule has 3 aromatic carbocycles. The Labute approximate surface area is 151 Å². The smallest absolute Gasteiger partial charge is 0.411 e. The Morgan fingerprint density at radius 2 is 1.46 bits per heavy atom. The molecule has 0 unspecified atom stereocenters. The summed E-state index contributed by atoms with van der Waals surface area (Å²) in [4.78, 5) is 22.5. The van der Waals surface area contributed by atoms with E-state index < -0.39 is 6.09 Å². The summed E-state index contributed by atoms with van der Waals surface area (Å²) >= 11 is 0. The Balaban J connectivity index is 1.51. The summed E-state index contributed by atoms with van der Waals surface area (Å²) in [6.07, 6.45) is 0.258. The van der Waals surface area contributed by atoms with E-state index in [1.54, 1.807) is 48.5 Å². The molecule has 0 saturated carbocycles. The van der Waals surface area contributed by atoms with Crippen LogP contribution in [0.3, 0.4) is 0 Å². The van der Waals surface area contributed by atoms with Crippen molar-refractivity contribution < 1.29 is 19.1 Å². The van der Waals surface area contributed by atoms with Crippen LogP contribution >= 0.6 is 0 Å². The van der Waals surface area contributed by atoms with Crippen LogP contribution in [0.1, 0.15) is 15.9 Å². The number of hydrogen-bond acceptors (Lipinski definition) is 4. The highest BCUT2D eigenvalue weighted by Crippen LogP contribution is 2.23. The Kier molecular flexibility index (Phi) is 5.62. The minimum absolute atomic E-state index is 0.213. The molecule has 3 rings (SSSR count). The lowest BCUT2D eigenvalue weighted by Gasteiger charge is -2.09. The van der Waals surface area contributed by atoms with E-state index in [-0.39, 0.29) is 6.61 Å². The largest absolute Gasteiger partial charge is 0.457 e. The number of nitrogens with one attached hydrogen (secondary N) is 1. The van der Waals surface area contributed by atoms with E-state index in [0.717, 1.165) is 11.8 Å². The maximum atomic E-state index is 11.8. The molecule has 130 valence electrons. The monoisotopic (exact) mass is 347 g/mol. The maximum absolute atomic E-state index is 11.8. The molecule has 0 bridgehead atoms. The predicted octanol–water partition coefficient (Wildman–Crippen LogP) is 5.04. The summed E-state index contributed by atoms with van der Waals surface area (Å²) in [6, 6.07) is 23.2. The van der Waals surface area contributed by atoms with Gasteiger partial charge >= 0.3 is 6.09 Å². The van der Waals surface area contributed by atoms with Crippen LogP contribution in [0, 0.1) is 0 Å². The molecular weight excluding hydrogens is 330 g/mol. The third-order valence-corrected chi connectivity index (χ3v) is 3.57. The summed E-state index contributed by atoms with van der Waals surface area (Å²) in [5.41, 5.74) is 2.12. The number of hydrogen-bond donors (Lipinski definition) is 1. The van der Waals surface area contributed by atoms with Crippen molar-refractivity contribution in [3.8, 4) is 11.5 Å². The third-order valence-electron chi connectivity index (χ3n) is 3.57. The van der Waals surface area contributed by atoms with Crippen LogP contribution in [-0.4, -0.2) is 12.4 Å². The quantitative estimate of drug-likeness (QED) is 0.635. The van der Waals surface area contributed by atoms with Gasteiger partial charge in [-0.1, -0.05) is 30.3 Å². The zero-order valence-corrected chi connectivity index (χ0v) is 13.9. The van der Waals surface area contributed by atoms with Crippen molar-refractivity contribution in [3.63, 3.8) is 0 Å². The highest BCUT2D eigenvalue weighted by Gasteiger charge is 2.04. The first-order valence-electron chi connectivity index (χ1n) is 8.04. The van der Waals surface area contributed by atoms with E-state index >= 15 is 0 Å². The van der Waals surface area contributed by atoms with Crippen LogP contribution in [0.15, 0.2) is 78.9 Å². The first-order valence-corrected chi connectivity index (χ1v) is 8.04. The summed E-state index contributed by atoms with van der Waals surface area (Å²) in [6.45, 7) is 0.213. The summed E-state index contributed by atoms with van der Waals surface area (Å²) < 4.78 is 10.9. The minimum Gasteiger partial charge on any atom is -0.457 e. The van der Waals surface area contributed by atoms with Crippen molar-refractivity contribution >= 4 is 18.1 Å². The van der Waals surface area contributed by atoms with Crippen LogP contribution in [0.2, 0.25) is 0 Å². The lowest BCUT2D eigenvalue weighted by atomic mass is 10.2. The van der Waals surface area contributed by atoms with E-state index in [0.29, 0.717) is 22.7 Å². The fourth-order valence-corrected chi connectivity index (χ4v) is 2.23. The van der Waals surface area contributed by atoms with E-state index in [1.807, 2.05) is 30.3 Å². The van der Waals surface area contributed by atoms with E-state index in [4.69, 9.17) is 9.47 Å². The van der Waals surface area contributed by atoms with E-state index in [1.165, 1.54) is 0 Å². The number of amides is 1. The maximum Gasteiger partial charge on any atom is 0.411 e. The van der Waals surface area contributed by atoms with Gasteiger partial charge < -0.3 is 9.47 Å². The summed E-state index contributed by atoms with van der Waals surface area (Å²) in [5.74, 6) is 1.24. The first kappa shape index (κ1) is 17.2. The van der Waals surface area contributed by atoms with Crippen molar-refractivity contribution in [1.82, 2.24) is 0 Å². The van der Waals surface area contributed by atoms with Gasteiger partial charge in [0.05, 0.1) is 0 Å². The Bertz CT molecular complexity index is 859. The number of benzene rings is 3. The van der Waals surface area contributed by atoms with Gasteiger partial charge in [-0.05, 0) is 54.1 Å². The molecule has 0 aliphatic rings. The van der Waals surface area contributed by atoms with Gasteiger partial charge in [0.1, 0.15) is 24.4 Å². The molecule has 1 N–H and O–H groups in total. The molecule has 0 aliphatic heterocycles. The number of aldehydes is 1. The highest BCUT2D eigenvalue weighted by molar-refractivity contribution is 5.84. The number of rotatable bonds is 6. The topological polar surface area (TPSA) is 64.6 Å². The van der Waals surface area contributed by atoms with Gasteiger partial charge in [0.15, 0.2) is 0 Å². The fourth-order valence-electron chi connectivity index (χ4n) is 2.23. The molecule has 0 atom stereocenters. The highest BCUT2D eigenvalue weighted by atomic mass is 16.5. The second kappa shape index (κ2) is 8.48. The lowest BCUT2D eigenvalue weighted by Crippen LogP contribution is -2.13. The summed E-state index contributed by atoms with van der Waals surface area (Å²) in [5, 5.41) is 2.66. The van der Waals surface area contributed by atoms with Gasteiger partial charge in [-0.25, -0.2) is 4.79 Å². The second-order valence-electron chi connectivity index (χ2n) is 5.50. The van der Waals surface area contributed by atoms with Crippen molar-refractivity contribution in [2.24, 2.45) is 0 Å². The Morgan fingerprint density at radius 1 is 0.846 bits per heavy atom. The number of anilines is 1. The minimum atomic E-state index is -0.521. The van der Waals surface area contributed by atoms with Gasteiger partial charge in [-0.3, -0.25) is 10.1 Å². The molecule has 5 nitrogen and oxygen atoms in total. The molecule has 1 amide bonds. The van der Waals surface area contributed by atoms with Crippen molar-refractivity contribution in [3.05, 3.63) is 90.0 Å². The lowest BCUT2D eigenvalue weighted by molar-refractivity contribution is 0.112. The van der Waals surface area contributed by atoms with E-state index in [2.05, 4.69) is 5.32 Å². The van der Waals surface area contributed by atoms with Crippen molar-refractivity contribution in [2.45, 2.75) is 6.61 Å². The SMILES string of the molecule is O=Cc1ccc(Oc2ccc(NC(=O)OCc3ccccc3)cc2)cc1. The van der Waals surface area contributed by atoms with Crippen LogP contribution < -0.4 is 10.1 Å². The first-order chi connectivity index (χ1) is 12.7. The summed E-state index contributed by atoms with van der Waals surface area (Å²) in [7, 11) is 0. The molecule has 0 fully saturated rings. The Hall–Kier alpha value is -3.60. The van der Waals surface area contributed by atoms with Crippen molar-refractivity contribution in [2.75, 3.05) is 5.32 Å².